The zero-order valence-electron chi connectivity index (χ0n) is 13.1. The lowest BCUT2D eigenvalue weighted by molar-refractivity contribution is -0.148. The summed E-state index contributed by atoms with van der Waals surface area (Å²) >= 11 is 0. The molecule has 2 fully saturated rings. The van der Waals surface area contributed by atoms with Crippen LogP contribution in [-0.2, 0) is 9.53 Å². The number of carbonyl (C=O) groups excluding carboxylic acids is 1. The first-order valence-electron chi connectivity index (χ1n) is 7.65. The largest absolute Gasteiger partial charge is 0.480 e. The first kappa shape index (κ1) is 16.1. The van der Waals surface area contributed by atoms with E-state index in [2.05, 4.69) is 5.32 Å². The number of hydrogen-bond acceptors (Lipinski definition) is 3. The smallest absolute Gasteiger partial charge is 0.327 e. The van der Waals surface area contributed by atoms with Crippen molar-refractivity contribution in [1.82, 2.24) is 10.2 Å². The van der Waals surface area contributed by atoms with Gasteiger partial charge in [-0.1, -0.05) is 13.8 Å². The molecule has 2 aliphatic rings. The highest BCUT2D eigenvalue weighted by Gasteiger charge is 2.45. The lowest BCUT2D eigenvalue weighted by atomic mass is 9.76. The zero-order chi connectivity index (χ0) is 15.7. The standard InChI is InChI=1S/C15H26N2O4/c1-14(2)6-4-8-17(11(14)12(18)19)13(20)16-15(3)7-5-9-21-10-15/h11H,4-10H2,1-3H3,(H,16,20)(H,18,19). The van der Waals surface area contributed by atoms with Crippen molar-refractivity contribution in [2.75, 3.05) is 19.8 Å². The van der Waals surface area contributed by atoms with E-state index in [0.29, 0.717) is 13.2 Å². The lowest BCUT2D eigenvalue weighted by Crippen LogP contribution is -2.62. The number of likely N-dealkylation sites (tertiary alicyclic amines) is 1. The summed E-state index contributed by atoms with van der Waals surface area (Å²) in [6.07, 6.45) is 3.41. The van der Waals surface area contributed by atoms with Crippen molar-refractivity contribution >= 4 is 12.0 Å². The number of nitrogens with zero attached hydrogens (tertiary/aromatic N) is 1. The molecule has 0 aliphatic carbocycles. The van der Waals surface area contributed by atoms with Crippen LogP contribution in [-0.4, -0.2) is 53.3 Å². The average Bonchev–Trinajstić information content (AvgIpc) is 2.37. The normalized spacial score (nSPS) is 32.5. The van der Waals surface area contributed by atoms with Gasteiger partial charge in [-0.15, -0.1) is 0 Å². The fourth-order valence-corrected chi connectivity index (χ4v) is 3.44. The minimum absolute atomic E-state index is 0.289. The van der Waals surface area contributed by atoms with Gasteiger partial charge in [0.25, 0.3) is 0 Å². The molecule has 0 aromatic heterocycles. The Balaban J connectivity index is 2.11. The van der Waals surface area contributed by atoms with Gasteiger partial charge in [0.15, 0.2) is 0 Å². The molecule has 120 valence electrons. The summed E-state index contributed by atoms with van der Waals surface area (Å²) in [5, 5.41) is 12.5. The number of nitrogens with one attached hydrogen (secondary N) is 1. The predicted octanol–water partition coefficient (Wildman–Crippen LogP) is 1.84. The third kappa shape index (κ3) is 3.48. The van der Waals surface area contributed by atoms with E-state index in [1.807, 2.05) is 20.8 Å². The molecule has 6 heteroatoms. The summed E-state index contributed by atoms with van der Waals surface area (Å²) in [5.41, 5.74) is -0.814. The molecule has 2 atom stereocenters. The summed E-state index contributed by atoms with van der Waals surface area (Å²) in [5.74, 6) is -0.931. The van der Waals surface area contributed by atoms with E-state index in [4.69, 9.17) is 4.74 Å². The molecule has 0 spiro atoms. The van der Waals surface area contributed by atoms with Gasteiger partial charge in [0.1, 0.15) is 6.04 Å². The van der Waals surface area contributed by atoms with E-state index in [9.17, 15) is 14.7 Å². The van der Waals surface area contributed by atoms with Crippen LogP contribution >= 0.6 is 0 Å². The number of amides is 2. The Labute approximate surface area is 125 Å². The molecule has 0 bridgehead atoms. The molecule has 6 nitrogen and oxygen atoms in total. The van der Waals surface area contributed by atoms with Crippen LogP contribution in [0.2, 0.25) is 0 Å². The molecule has 2 aliphatic heterocycles. The van der Waals surface area contributed by atoms with E-state index in [0.717, 1.165) is 32.3 Å². The van der Waals surface area contributed by atoms with Crippen molar-refractivity contribution in [2.24, 2.45) is 5.41 Å². The molecular weight excluding hydrogens is 272 g/mol. The maximum atomic E-state index is 12.6. The van der Waals surface area contributed by atoms with Gasteiger partial charge in [0, 0.05) is 13.2 Å². The molecular formula is C15H26N2O4. The van der Waals surface area contributed by atoms with Gasteiger partial charge in [0.05, 0.1) is 12.1 Å². The zero-order valence-corrected chi connectivity index (χ0v) is 13.1. The van der Waals surface area contributed by atoms with Gasteiger partial charge >= 0.3 is 12.0 Å². The molecule has 2 heterocycles. The Bertz CT molecular complexity index is 416. The first-order chi connectivity index (χ1) is 9.75. The van der Waals surface area contributed by atoms with Crippen molar-refractivity contribution in [3.05, 3.63) is 0 Å². The highest BCUT2D eigenvalue weighted by molar-refractivity contribution is 5.84. The SMILES string of the molecule is CC1(NC(=O)N2CCCC(C)(C)C2C(=O)O)CCCOC1. The summed E-state index contributed by atoms with van der Waals surface area (Å²) in [6.45, 7) is 7.47. The Kier molecular flexibility index (Phi) is 4.46. The minimum atomic E-state index is -0.931. The van der Waals surface area contributed by atoms with E-state index in [-0.39, 0.29) is 6.03 Å². The molecule has 0 aromatic carbocycles. The quantitative estimate of drug-likeness (QED) is 0.815. The molecule has 21 heavy (non-hydrogen) atoms. The summed E-state index contributed by atoms with van der Waals surface area (Å²) in [4.78, 5) is 25.7. The highest BCUT2D eigenvalue weighted by atomic mass is 16.5. The second-order valence-corrected chi connectivity index (χ2v) is 7.17. The monoisotopic (exact) mass is 298 g/mol. The van der Waals surface area contributed by atoms with Crippen molar-refractivity contribution in [1.29, 1.82) is 0 Å². The third-order valence-corrected chi connectivity index (χ3v) is 4.61. The molecule has 0 aromatic rings. The molecule has 2 rings (SSSR count). The van der Waals surface area contributed by atoms with E-state index in [1.165, 1.54) is 4.90 Å². The number of carbonyl (C=O) groups is 2. The summed E-state index contributed by atoms with van der Waals surface area (Å²) in [7, 11) is 0. The van der Waals surface area contributed by atoms with Crippen molar-refractivity contribution < 1.29 is 19.4 Å². The van der Waals surface area contributed by atoms with Crippen molar-refractivity contribution in [2.45, 2.75) is 58.0 Å². The summed E-state index contributed by atoms with van der Waals surface area (Å²) in [6, 6.07) is -1.07. The van der Waals surface area contributed by atoms with Crippen LogP contribution in [0.25, 0.3) is 0 Å². The number of urea groups is 1. The molecule has 0 radical (unpaired) electrons. The van der Waals surface area contributed by atoms with Crippen molar-refractivity contribution in [3.8, 4) is 0 Å². The van der Waals surface area contributed by atoms with Gasteiger partial charge in [-0.3, -0.25) is 0 Å². The predicted molar refractivity (Wildman–Crippen MR) is 78.1 cm³/mol. The first-order valence-corrected chi connectivity index (χ1v) is 7.65. The number of piperidine rings is 1. The Morgan fingerprint density at radius 2 is 1.95 bits per heavy atom. The van der Waals surface area contributed by atoms with E-state index >= 15 is 0 Å². The number of ether oxygens (including phenoxy) is 1. The number of carboxylic acids is 1. The Morgan fingerprint density at radius 1 is 1.24 bits per heavy atom. The van der Waals surface area contributed by atoms with E-state index < -0.39 is 23.0 Å². The second-order valence-electron chi connectivity index (χ2n) is 7.17. The summed E-state index contributed by atoms with van der Waals surface area (Å²) < 4.78 is 5.44. The number of hydrogen-bond donors (Lipinski definition) is 2. The van der Waals surface area contributed by atoms with E-state index in [1.54, 1.807) is 0 Å². The maximum absolute atomic E-state index is 12.6. The molecule has 2 saturated heterocycles. The van der Waals surface area contributed by atoms with Gasteiger partial charge in [-0.2, -0.15) is 0 Å². The Morgan fingerprint density at radius 3 is 2.52 bits per heavy atom. The minimum Gasteiger partial charge on any atom is -0.480 e. The maximum Gasteiger partial charge on any atom is 0.327 e. The molecule has 2 unspecified atom stereocenters. The number of rotatable bonds is 2. The molecule has 2 amide bonds. The number of carboxylic acid groups (broad SMARTS) is 1. The highest BCUT2D eigenvalue weighted by Crippen LogP contribution is 2.35. The van der Waals surface area contributed by atoms with Crippen LogP contribution < -0.4 is 5.32 Å². The van der Waals surface area contributed by atoms with Gasteiger partial charge in [-0.05, 0) is 38.0 Å². The van der Waals surface area contributed by atoms with Gasteiger partial charge in [-0.25, -0.2) is 9.59 Å². The lowest BCUT2D eigenvalue weighted by Gasteiger charge is -2.45. The van der Waals surface area contributed by atoms with Crippen LogP contribution in [0.5, 0.6) is 0 Å². The average molecular weight is 298 g/mol. The fourth-order valence-electron chi connectivity index (χ4n) is 3.44. The van der Waals surface area contributed by atoms with Crippen molar-refractivity contribution in [3.63, 3.8) is 0 Å². The van der Waals surface area contributed by atoms with Crippen LogP contribution in [0.1, 0.15) is 46.5 Å². The van der Waals surface area contributed by atoms with Crippen LogP contribution in [0.3, 0.4) is 0 Å². The van der Waals surface area contributed by atoms with Gasteiger partial charge in [0.2, 0.25) is 0 Å². The Hall–Kier alpha value is -1.30. The molecule has 0 saturated carbocycles. The van der Waals surface area contributed by atoms with Crippen LogP contribution in [0, 0.1) is 5.41 Å². The van der Waals surface area contributed by atoms with Gasteiger partial charge < -0.3 is 20.1 Å². The third-order valence-electron chi connectivity index (χ3n) is 4.61. The van der Waals surface area contributed by atoms with Crippen LogP contribution in [0.15, 0.2) is 0 Å². The van der Waals surface area contributed by atoms with Crippen LogP contribution in [0.4, 0.5) is 4.79 Å². The molecule has 2 N–H and O–H groups in total. The number of aliphatic carboxylic acids is 1. The fraction of sp³-hybridized carbons (Fsp3) is 0.867. The topological polar surface area (TPSA) is 78.9 Å². The second kappa shape index (κ2) is 5.83.